The number of rotatable bonds is 8. The Morgan fingerprint density at radius 3 is 2.35 bits per heavy atom. The highest BCUT2D eigenvalue weighted by Crippen LogP contribution is 2.30. The lowest BCUT2D eigenvalue weighted by molar-refractivity contribution is -0.121. The minimum absolute atomic E-state index is 0.0404. The van der Waals surface area contributed by atoms with Crippen LogP contribution >= 0.6 is 22.7 Å². The zero-order valence-corrected chi connectivity index (χ0v) is 19.6. The van der Waals surface area contributed by atoms with Crippen molar-refractivity contribution < 1.29 is 9.53 Å². The van der Waals surface area contributed by atoms with Crippen LogP contribution in [0.4, 0.5) is 5.69 Å². The second-order valence-corrected chi connectivity index (χ2v) is 9.81. The van der Waals surface area contributed by atoms with E-state index in [0.717, 1.165) is 36.8 Å². The van der Waals surface area contributed by atoms with Crippen LogP contribution in [-0.4, -0.2) is 50.1 Å². The van der Waals surface area contributed by atoms with E-state index in [-0.39, 0.29) is 18.0 Å². The highest BCUT2D eigenvalue weighted by molar-refractivity contribution is 7.10. The number of piperazine rings is 1. The third kappa shape index (κ3) is 5.47. The summed E-state index contributed by atoms with van der Waals surface area (Å²) in [6.45, 7) is 5.97. The first kappa shape index (κ1) is 21.9. The van der Waals surface area contributed by atoms with Crippen molar-refractivity contribution >= 4 is 34.3 Å². The Bertz CT molecular complexity index is 934. The van der Waals surface area contributed by atoms with Crippen LogP contribution in [0.3, 0.4) is 0 Å². The quantitative estimate of drug-likeness (QED) is 0.546. The van der Waals surface area contributed by atoms with Gasteiger partial charge in [-0.3, -0.25) is 9.69 Å². The molecule has 0 bridgehead atoms. The molecule has 3 aromatic rings. The Hall–Kier alpha value is -2.35. The van der Waals surface area contributed by atoms with E-state index in [2.05, 4.69) is 51.7 Å². The fourth-order valence-electron chi connectivity index (χ4n) is 4.21. The summed E-state index contributed by atoms with van der Waals surface area (Å²) in [4.78, 5) is 20.0. The number of anilines is 1. The standard InChI is InChI=1S/C24H29N3O2S2/c1-18(25-23(28)17-21-5-3-15-30-21)24(22-6-4-16-31-22)27-13-11-26(12-14-27)19-7-9-20(29-2)10-8-19/h3-10,15-16,18,24H,11-14,17H2,1-2H3,(H,25,28)/t18-,24-/m0/s1. The minimum Gasteiger partial charge on any atom is -0.497 e. The summed E-state index contributed by atoms with van der Waals surface area (Å²) < 4.78 is 5.28. The zero-order valence-electron chi connectivity index (χ0n) is 18.0. The van der Waals surface area contributed by atoms with Crippen molar-refractivity contribution in [1.82, 2.24) is 10.2 Å². The number of nitrogens with one attached hydrogen (secondary N) is 1. The van der Waals surface area contributed by atoms with Crippen LogP contribution in [0.25, 0.3) is 0 Å². The average molecular weight is 456 g/mol. The number of nitrogens with zero attached hydrogens (tertiary/aromatic N) is 2. The fraction of sp³-hybridized carbons (Fsp3) is 0.375. The third-order valence-corrected chi connectivity index (χ3v) is 7.58. The summed E-state index contributed by atoms with van der Waals surface area (Å²) in [5.41, 5.74) is 1.23. The van der Waals surface area contributed by atoms with Crippen LogP contribution in [0.2, 0.25) is 0 Å². The number of methoxy groups -OCH3 is 1. The van der Waals surface area contributed by atoms with Crippen molar-refractivity contribution in [2.45, 2.75) is 25.4 Å². The molecule has 1 aliphatic rings. The number of carbonyl (C=O) groups is 1. The first-order valence-corrected chi connectivity index (χ1v) is 12.4. The van der Waals surface area contributed by atoms with E-state index in [1.54, 1.807) is 29.8 Å². The second-order valence-electron chi connectivity index (χ2n) is 7.79. The van der Waals surface area contributed by atoms with Gasteiger partial charge in [0, 0.05) is 47.7 Å². The van der Waals surface area contributed by atoms with Crippen molar-refractivity contribution in [2.24, 2.45) is 0 Å². The van der Waals surface area contributed by atoms with Crippen molar-refractivity contribution in [3.05, 3.63) is 69.0 Å². The molecule has 3 heterocycles. The number of ether oxygens (including phenoxy) is 1. The average Bonchev–Trinajstić information content (AvgIpc) is 3.49. The van der Waals surface area contributed by atoms with Crippen molar-refractivity contribution in [1.29, 1.82) is 0 Å². The van der Waals surface area contributed by atoms with Gasteiger partial charge in [0.2, 0.25) is 5.91 Å². The Morgan fingerprint density at radius 2 is 1.74 bits per heavy atom. The van der Waals surface area contributed by atoms with Gasteiger partial charge in [-0.2, -0.15) is 0 Å². The first-order valence-electron chi connectivity index (χ1n) is 10.6. The van der Waals surface area contributed by atoms with Gasteiger partial charge in [-0.25, -0.2) is 0 Å². The van der Waals surface area contributed by atoms with E-state index < -0.39 is 0 Å². The molecule has 2 aromatic heterocycles. The monoisotopic (exact) mass is 455 g/mol. The van der Waals surface area contributed by atoms with Crippen molar-refractivity contribution in [3.8, 4) is 5.75 Å². The molecule has 1 saturated heterocycles. The maximum absolute atomic E-state index is 12.6. The highest BCUT2D eigenvalue weighted by atomic mass is 32.1. The van der Waals surface area contributed by atoms with Crippen LogP contribution < -0.4 is 15.0 Å². The number of thiophene rings is 2. The molecule has 4 rings (SSSR count). The Morgan fingerprint density at radius 1 is 1.03 bits per heavy atom. The lowest BCUT2D eigenvalue weighted by Crippen LogP contribution is -2.52. The summed E-state index contributed by atoms with van der Waals surface area (Å²) >= 11 is 3.40. The van der Waals surface area contributed by atoms with E-state index in [1.807, 2.05) is 29.6 Å². The molecule has 0 spiro atoms. The molecule has 5 nitrogen and oxygen atoms in total. The van der Waals surface area contributed by atoms with E-state index in [1.165, 1.54) is 10.6 Å². The fourth-order valence-corrected chi connectivity index (χ4v) is 5.88. The maximum atomic E-state index is 12.6. The van der Waals surface area contributed by atoms with Crippen molar-refractivity contribution in [2.75, 3.05) is 38.2 Å². The summed E-state index contributed by atoms with van der Waals surface area (Å²) in [5.74, 6) is 0.973. The lowest BCUT2D eigenvalue weighted by Gasteiger charge is -2.42. The van der Waals surface area contributed by atoms with Gasteiger partial charge in [0.15, 0.2) is 0 Å². The molecule has 7 heteroatoms. The summed E-state index contributed by atoms with van der Waals surface area (Å²) in [6.07, 6.45) is 0.449. The minimum atomic E-state index is 0.0404. The Kier molecular flexibility index (Phi) is 7.27. The Labute approximate surface area is 192 Å². The third-order valence-electron chi connectivity index (χ3n) is 5.76. The summed E-state index contributed by atoms with van der Waals surface area (Å²) in [5, 5.41) is 7.40. The molecule has 1 aromatic carbocycles. The van der Waals surface area contributed by atoms with E-state index in [0.29, 0.717) is 6.42 Å². The van der Waals surface area contributed by atoms with Gasteiger partial charge < -0.3 is 15.0 Å². The predicted molar refractivity (Wildman–Crippen MR) is 129 cm³/mol. The lowest BCUT2D eigenvalue weighted by atomic mass is 10.0. The number of carbonyl (C=O) groups excluding carboxylic acids is 1. The van der Waals surface area contributed by atoms with Crippen LogP contribution in [0.1, 0.15) is 22.7 Å². The number of hydrogen-bond acceptors (Lipinski definition) is 6. The zero-order chi connectivity index (χ0) is 21.6. The molecule has 0 saturated carbocycles. The van der Waals surface area contributed by atoms with Crippen molar-refractivity contribution in [3.63, 3.8) is 0 Å². The molecule has 1 amide bonds. The van der Waals surface area contributed by atoms with Gasteiger partial charge in [-0.1, -0.05) is 12.1 Å². The smallest absolute Gasteiger partial charge is 0.225 e. The van der Waals surface area contributed by atoms with Gasteiger partial charge in [0.25, 0.3) is 0 Å². The molecule has 1 fully saturated rings. The highest BCUT2D eigenvalue weighted by Gasteiger charge is 2.31. The second kappa shape index (κ2) is 10.3. The van der Waals surface area contributed by atoms with Gasteiger partial charge >= 0.3 is 0 Å². The Balaban J connectivity index is 1.40. The molecule has 0 radical (unpaired) electrons. The molecule has 0 aliphatic carbocycles. The number of benzene rings is 1. The molecule has 2 atom stereocenters. The molecular weight excluding hydrogens is 426 g/mol. The number of amides is 1. The number of hydrogen-bond donors (Lipinski definition) is 1. The molecule has 1 aliphatic heterocycles. The predicted octanol–water partition coefficient (Wildman–Crippen LogP) is 4.43. The molecule has 31 heavy (non-hydrogen) atoms. The van der Waals surface area contributed by atoms with Gasteiger partial charge in [-0.05, 0) is 54.1 Å². The largest absolute Gasteiger partial charge is 0.497 e. The summed E-state index contributed by atoms with van der Waals surface area (Å²) in [6, 6.07) is 16.8. The molecule has 1 N–H and O–H groups in total. The van der Waals surface area contributed by atoms with Crippen LogP contribution in [-0.2, 0) is 11.2 Å². The van der Waals surface area contributed by atoms with Gasteiger partial charge in [0.1, 0.15) is 5.75 Å². The molecule has 0 unspecified atom stereocenters. The van der Waals surface area contributed by atoms with Crippen LogP contribution in [0, 0.1) is 0 Å². The maximum Gasteiger partial charge on any atom is 0.225 e. The van der Waals surface area contributed by atoms with Gasteiger partial charge in [-0.15, -0.1) is 22.7 Å². The van der Waals surface area contributed by atoms with Gasteiger partial charge in [0.05, 0.1) is 19.6 Å². The molecule has 164 valence electrons. The summed E-state index contributed by atoms with van der Waals surface area (Å²) in [7, 11) is 1.69. The molecular formula is C24H29N3O2S2. The first-order chi connectivity index (χ1) is 15.1. The van der Waals surface area contributed by atoms with Crippen LogP contribution in [0.5, 0.6) is 5.75 Å². The normalized spacial score (nSPS) is 16.6. The van der Waals surface area contributed by atoms with Crippen LogP contribution in [0.15, 0.2) is 59.3 Å². The van der Waals surface area contributed by atoms with E-state index >= 15 is 0 Å². The van der Waals surface area contributed by atoms with E-state index in [9.17, 15) is 4.79 Å². The SMILES string of the molecule is COc1ccc(N2CCN([C@H](c3cccs3)[C@H](C)NC(=O)Cc3cccs3)CC2)cc1. The topological polar surface area (TPSA) is 44.8 Å². The van der Waals surface area contributed by atoms with E-state index in [4.69, 9.17) is 4.74 Å².